The molecule has 0 saturated carbocycles. The molecule has 0 radical (unpaired) electrons. The monoisotopic (exact) mass is 365 g/mol. The minimum absolute atomic E-state index is 0.0193. The molecule has 140 valence electrons. The number of carbonyl (C=O) groups excluding carboxylic acids is 1. The molecule has 1 aliphatic heterocycles. The van der Waals surface area contributed by atoms with Crippen LogP contribution in [0.2, 0.25) is 0 Å². The maximum atomic E-state index is 12.6. The number of aliphatic carboxylic acids is 1. The van der Waals surface area contributed by atoms with Crippen molar-refractivity contribution in [2.75, 3.05) is 13.2 Å². The molecule has 2 unspecified atom stereocenters. The molecule has 1 aliphatic carbocycles. The highest BCUT2D eigenvalue weighted by Gasteiger charge is 2.40. The average Bonchev–Trinajstić information content (AvgIpc) is 3.26. The van der Waals surface area contributed by atoms with Crippen molar-refractivity contribution in [2.24, 2.45) is 5.92 Å². The van der Waals surface area contributed by atoms with E-state index in [1.807, 2.05) is 31.2 Å². The fourth-order valence-corrected chi connectivity index (χ4v) is 4.33. The van der Waals surface area contributed by atoms with Crippen molar-refractivity contribution in [1.29, 1.82) is 0 Å². The lowest BCUT2D eigenvalue weighted by atomic mass is 9.98. The van der Waals surface area contributed by atoms with E-state index in [0.717, 1.165) is 17.5 Å². The Morgan fingerprint density at radius 1 is 1.07 bits per heavy atom. The van der Waals surface area contributed by atoms with Gasteiger partial charge in [-0.3, -0.25) is 4.90 Å². The number of amides is 1. The number of benzene rings is 2. The third-order valence-electron chi connectivity index (χ3n) is 5.82. The van der Waals surface area contributed by atoms with Gasteiger partial charge in [0, 0.05) is 12.5 Å². The van der Waals surface area contributed by atoms with Crippen LogP contribution >= 0.6 is 0 Å². The number of carboxylic acids is 1. The SMILES string of the molecule is CCC1CC(C(=O)O)N(C(=O)OCC2c3ccccc3-c3ccccc32)C1. The molecule has 1 fully saturated rings. The van der Waals surface area contributed by atoms with E-state index in [1.165, 1.54) is 16.0 Å². The predicted octanol–water partition coefficient (Wildman–Crippen LogP) is 4.12. The van der Waals surface area contributed by atoms with E-state index in [1.54, 1.807) is 0 Å². The molecule has 0 aromatic heterocycles. The molecule has 5 nitrogen and oxygen atoms in total. The van der Waals surface area contributed by atoms with Gasteiger partial charge < -0.3 is 9.84 Å². The average molecular weight is 365 g/mol. The van der Waals surface area contributed by atoms with Gasteiger partial charge in [-0.2, -0.15) is 0 Å². The summed E-state index contributed by atoms with van der Waals surface area (Å²) in [6.07, 6.45) is 0.827. The summed E-state index contributed by atoms with van der Waals surface area (Å²) in [5, 5.41) is 9.44. The van der Waals surface area contributed by atoms with Crippen LogP contribution in [-0.4, -0.2) is 41.3 Å². The van der Waals surface area contributed by atoms with Crippen LogP contribution in [-0.2, 0) is 9.53 Å². The summed E-state index contributed by atoms with van der Waals surface area (Å²) in [5.41, 5.74) is 4.64. The Balaban J connectivity index is 1.52. The fourth-order valence-electron chi connectivity index (χ4n) is 4.33. The highest BCUT2D eigenvalue weighted by atomic mass is 16.6. The summed E-state index contributed by atoms with van der Waals surface area (Å²) in [6, 6.07) is 15.5. The highest BCUT2D eigenvalue weighted by Crippen LogP contribution is 2.44. The van der Waals surface area contributed by atoms with Crippen molar-refractivity contribution >= 4 is 12.1 Å². The summed E-state index contributed by atoms with van der Waals surface area (Å²) in [5.74, 6) is -0.764. The standard InChI is InChI=1S/C22H23NO4/c1-2-14-11-20(21(24)25)23(12-14)22(26)27-13-19-17-9-5-3-7-15(17)16-8-4-6-10-18(16)19/h3-10,14,19-20H,2,11-13H2,1H3,(H,24,25). The second-order valence-corrected chi connectivity index (χ2v) is 7.32. The molecule has 2 atom stereocenters. The largest absolute Gasteiger partial charge is 0.480 e. The molecule has 4 rings (SSSR count). The maximum absolute atomic E-state index is 12.6. The first kappa shape index (κ1) is 17.6. The summed E-state index contributed by atoms with van der Waals surface area (Å²) >= 11 is 0. The zero-order valence-electron chi connectivity index (χ0n) is 15.3. The molecule has 1 amide bonds. The molecule has 2 aromatic rings. The van der Waals surface area contributed by atoms with Gasteiger partial charge in [-0.25, -0.2) is 9.59 Å². The lowest BCUT2D eigenvalue weighted by Crippen LogP contribution is -2.41. The lowest BCUT2D eigenvalue weighted by molar-refractivity contribution is -0.141. The summed E-state index contributed by atoms with van der Waals surface area (Å²) in [4.78, 5) is 25.5. The molecule has 2 aromatic carbocycles. The van der Waals surface area contributed by atoms with Crippen molar-refractivity contribution < 1.29 is 19.4 Å². The molecular weight excluding hydrogens is 342 g/mol. The molecule has 2 aliphatic rings. The summed E-state index contributed by atoms with van der Waals surface area (Å²) < 4.78 is 5.62. The molecule has 27 heavy (non-hydrogen) atoms. The van der Waals surface area contributed by atoms with Crippen molar-refractivity contribution in [2.45, 2.75) is 31.7 Å². The summed E-state index contributed by atoms with van der Waals surface area (Å²) in [7, 11) is 0. The van der Waals surface area contributed by atoms with Gasteiger partial charge in [-0.15, -0.1) is 0 Å². The van der Waals surface area contributed by atoms with E-state index in [-0.39, 0.29) is 18.4 Å². The topological polar surface area (TPSA) is 66.8 Å². The van der Waals surface area contributed by atoms with Crippen molar-refractivity contribution in [3.05, 3.63) is 59.7 Å². The molecular formula is C22H23NO4. The first-order chi connectivity index (χ1) is 13.1. The second-order valence-electron chi connectivity index (χ2n) is 7.32. The zero-order valence-corrected chi connectivity index (χ0v) is 15.3. The number of hydrogen-bond donors (Lipinski definition) is 1. The van der Waals surface area contributed by atoms with E-state index < -0.39 is 18.1 Å². The highest BCUT2D eigenvalue weighted by molar-refractivity contribution is 5.81. The first-order valence-electron chi connectivity index (χ1n) is 9.44. The van der Waals surface area contributed by atoms with Crippen LogP contribution in [0.15, 0.2) is 48.5 Å². The first-order valence-corrected chi connectivity index (χ1v) is 9.44. The van der Waals surface area contributed by atoms with E-state index in [2.05, 4.69) is 24.3 Å². The normalized spacial score (nSPS) is 21.0. The van der Waals surface area contributed by atoms with Gasteiger partial charge in [0.25, 0.3) is 0 Å². The Kier molecular flexibility index (Phi) is 4.60. The number of fused-ring (bicyclic) bond motifs is 3. The number of hydrogen-bond acceptors (Lipinski definition) is 3. The van der Waals surface area contributed by atoms with E-state index in [4.69, 9.17) is 4.74 Å². The van der Waals surface area contributed by atoms with Gasteiger partial charge in [-0.1, -0.05) is 61.9 Å². The Morgan fingerprint density at radius 2 is 1.67 bits per heavy atom. The van der Waals surface area contributed by atoms with Crippen LogP contribution in [0.3, 0.4) is 0 Å². The molecule has 0 bridgehead atoms. The zero-order chi connectivity index (χ0) is 19.0. The van der Waals surface area contributed by atoms with E-state index in [9.17, 15) is 14.7 Å². The number of rotatable bonds is 4. The Hall–Kier alpha value is -2.82. The van der Waals surface area contributed by atoms with Crippen LogP contribution in [0.4, 0.5) is 4.79 Å². The van der Waals surface area contributed by atoms with Gasteiger partial charge in [-0.05, 0) is 34.6 Å². The van der Waals surface area contributed by atoms with Crippen LogP contribution < -0.4 is 0 Å². The van der Waals surface area contributed by atoms with E-state index in [0.29, 0.717) is 13.0 Å². The van der Waals surface area contributed by atoms with Gasteiger partial charge in [0.15, 0.2) is 0 Å². The lowest BCUT2D eigenvalue weighted by Gasteiger charge is -2.22. The smallest absolute Gasteiger partial charge is 0.410 e. The minimum atomic E-state index is -0.959. The quantitative estimate of drug-likeness (QED) is 0.885. The van der Waals surface area contributed by atoms with Crippen LogP contribution in [0.25, 0.3) is 11.1 Å². The molecule has 0 spiro atoms. The van der Waals surface area contributed by atoms with Gasteiger partial charge in [0.1, 0.15) is 12.6 Å². The molecule has 1 heterocycles. The Labute approximate surface area is 158 Å². The van der Waals surface area contributed by atoms with E-state index >= 15 is 0 Å². The third-order valence-corrected chi connectivity index (χ3v) is 5.82. The number of carbonyl (C=O) groups is 2. The van der Waals surface area contributed by atoms with Crippen molar-refractivity contribution in [3.8, 4) is 11.1 Å². The van der Waals surface area contributed by atoms with Gasteiger partial charge in [0.05, 0.1) is 0 Å². The van der Waals surface area contributed by atoms with Gasteiger partial charge >= 0.3 is 12.1 Å². The van der Waals surface area contributed by atoms with Crippen molar-refractivity contribution in [3.63, 3.8) is 0 Å². The Morgan fingerprint density at radius 3 is 2.22 bits per heavy atom. The predicted molar refractivity (Wildman–Crippen MR) is 102 cm³/mol. The second kappa shape index (κ2) is 7.06. The third kappa shape index (κ3) is 3.07. The summed E-state index contributed by atoms with van der Waals surface area (Å²) in [6.45, 7) is 2.68. The maximum Gasteiger partial charge on any atom is 0.410 e. The van der Waals surface area contributed by atoms with Crippen LogP contribution in [0.5, 0.6) is 0 Å². The fraction of sp³-hybridized carbons (Fsp3) is 0.364. The minimum Gasteiger partial charge on any atom is -0.480 e. The van der Waals surface area contributed by atoms with Gasteiger partial charge in [0.2, 0.25) is 0 Å². The number of ether oxygens (including phenoxy) is 1. The number of nitrogens with zero attached hydrogens (tertiary/aromatic N) is 1. The van der Waals surface area contributed by atoms with Crippen LogP contribution in [0.1, 0.15) is 36.8 Å². The Bertz CT molecular complexity index is 833. The molecule has 1 N–H and O–H groups in total. The number of likely N-dealkylation sites (tertiary alicyclic amines) is 1. The van der Waals surface area contributed by atoms with Crippen molar-refractivity contribution in [1.82, 2.24) is 4.90 Å². The number of carboxylic acid groups (broad SMARTS) is 1. The molecule has 5 heteroatoms. The molecule has 1 saturated heterocycles. The van der Waals surface area contributed by atoms with Crippen LogP contribution in [0, 0.1) is 5.92 Å².